The van der Waals surface area contributed by atoms with Crippen molar-refractivity contribution < 1.29 is 47.7 Å². The fraction of sp³-hybridized carbons (Fsp3) is 0.875. The quantitative estimate of drug-likeness (QED) is 0.0249. The summed E-state index contributed by atoms with van der Waals surface area (Å²) >= 11 is 0. The average Bonchev–Trinajstić information content (AvgIpc) is 3.46. The molecule has 0 saturated heterocycles. The molecule has 0 aliphatic rings. The van der Waals surface area contributed by atoms with Gasteiger partial charge in [-0.1, -0.05) is 220 Å². The van der Waals surface area contributed by atoms with E-state index in [0.717, 1.165) is 218 Å². The van der Waals surface area contributed by atoms with Gasteiger partial charge in [-0.3, -0.25) is 24.0 Å². The first-order chi connectivity index (χ1) is 40.0. The molecule has 0 aromatic heterocycles. The Labute approximate surface area is 512 Å². The van der Waals surface area contributed by atoms with Gasteiger partial charge < -0.3 is 28.6 Å². The van der Waals surface area contributed by atoms with Gasteiger partial charge in [0.05, 0.1) is 6.61 Å². The molecule has 0 aromatic carbocycles. The molecule has 4 atom stereocenters. The second-order valence-corrected chi connectivity index (χ2v) is 24.2. The minimum absolute atomic E-state index is 0. The van der Waals surface area contributed by atoms with Crippen LogP contribution in [0.3, 0.4) is 0 Å². The van der Waals surface area contributed by atoms with Gasteiger partial charge in [-0.25, -0.2) is 0 Å². The standard InChI is InChI=1S/C71H131NO10.CH4/c1-8-13-18-21-33-44-54-65(81-70(76)59-47-35-28-24-22-26-31-42-52-63(50-40-19-14-9-2)79-68(74)57-38-16-11-4)66(55-45-34-30-37-46-56-67(73)78-62-49-61-72(6)7)82-71(77)60-48-36-29-25-23-27-32-43-53-64(51-41-20-15-10-3)80-69(75)58-39-17-12-5;/h31-32,42-43,63-66H,8-30,33-41,44-62H2,1-7H3;1H4/b42-31-,43-32-;/t63-,64-,65+,66-;/m1./s1. The Hall–Kier alpha value is -3.21. The van der Waals surface area contributed by atoms with E-state index in [9.17, 15) is 24.0 Å². The van der Waals surface area contributed by atoms with E-state index in [1.165, 1.54) is 57.8 Å². The van der Waals surface area contributed by atoms with Crippen LogP contribution in [0.2, 0.25) is 0 Å². The zero-order chi connectivity index (χ0) is 60.2. The SMILES string of the molecule is C.CCCCCCCC[C@H](OC(=O)CCCCCCC/C=C\C[C@@H](CCCCCC)OC(=O)CCCCC)[C@@H](CCCCCCCC(=O)OCCCN(C)C)OC(=O)CCCCCCC/C=C\C[C@@H](CCCCCC)OC(=O)CCCCC. The lowest BCUT2D eigenvalue weighted by Crippen LogP contribution is -2.35. The van der Waals surface area contributed by atoms with Crippen LogP contribution in [0.5, 0.6) is 0 Å². The maximum Gasteiger partial charge on any atom is 0.306 e. The fourth-order valence-electron chi connectivity index (χ4n) is 10.4. The Bertz CT molecular complexity index is 1530. The molecule has 0 aliphatic heterocycles. The Kier molecular flexibility index (Phi) is 62.4. The fourth-order valence-corrected chi connectivity index (χ4v) is 10.4. The number of ether oxygens (including phenoxy) is 5. The number of rotatable bonds is 62. The highest BCUT2D eigenvalue weighted by Crippen LogP contribution is 2.24. The van der Waals surface area contributed by atoms with E-state index in [0.29, 0.717) is 51.6 Å². The minimum Gasteiger partial charge on any atom is -0.466 e. The van der Waals surface area contributed by atoms with Crippen molar-refractivity contribution in [2.24, 2.45) is 0 Å². The van der Waals surface area contributed by atoms with Crippen molar-refractivity contribution in [3.05, 3.63) is 24.3 Å². The number of allylic oxidation sites excluding steroid dienone is 2. The van der Waals surface area contributed by atoms with Crippen LogP contribution in [0.1, 0.15) is 357 Å². The van der Waals surface area contributed by atoms with Gasteiger partial charge in [0.2, 0.25) is 0 Å². The van der Waals surface area contributed by atoms with Crippen molar-refractivity contribution in [2.45, 2.75) is 381 Å². The molecule has 0 saturated carbocycles. The molecule has 0 aliphatic carbocycles. The first kappa shape index (κ1) is 81.9. The molecule has 0 radical (unpaired) electrons. The van der Waals surface area contributed by atoms with E-state index in [4.69, 9.17) is 23.7 Å². The van der Waals surface area contributed by atoms with Gasteiger partial charge in [-0.05, 0) is 130 Å². The first-order valence-electron chi connectivity index (χ1n) is 34.9. The molecule has 11 nitrogen and oxygen atoms in total. The highest BCUT2D eigenvalue weighted by atomic mass is 16.6. The van der Waals surface area contributed by atoms with Crippen molar-refractivity contribution in [1.82, 2.24) is 4.90 Å². The van der Waals surface area contributed by atoms with Crippen LogP contribution >= 0.6 is 0 Å². The first-order valence-corrected chi connectivity index (χ1v) is 34.9. The lowest BCUT2D eigenvalue weighted by Gasteiger charge is -2.27. The number of unbranched alkanes of at least 4 members (excludes halogenated alkanes) is 29. The molecule has 0 bridgehead atoms. The van der Waals surface area contributed by atoms with Gasteiger partial charge >= 0.3 is 29.8 Å². The summed E-state index contributed by atoms with van der Waals surface area (Å²) in [4.78, 5) is 66.5. The highest BCUT2D eigenvalue weighted by molar-refractivity contribution is 5.71. The summed E-state index contributed by atoms with van der Waals surface area (Å²) in [6.07, 6.45) is 54.5. The lowest BCUT2D eigenvalue weighted by atomic mass is 9.99. The van der Waals surface area contributed by atoms with Crippen LogP contribution in [0.4, 0.5) is 0 Å². The molecule has 83 heavy (non-hydrogen) atoms. The van der Waals surface area contributed by atoms with Crippen LogP contribution in [0.15, 0.2) is 24.3 Å². The molecule has 11 heteroatoms. The molecular formula is C72H135NO10. The molecule has 488 valence electrons. The Morgan fingerprint density at radius 1 is 0.325 bits per heavy atom. The molecule has 0 rings (SSSR count). The van der Waals surface area contributed by atoms with E-state index < -0.39 is 12.2 Å². The minimum atomic E-state index is -0.473. The lowest BCUT2D eigenvalue weighted by molar-refractivity contribution is -0.169. The zero-order valence-corrected chi connectivity index (χ0v) is 54.7. The van der Waals surface area contributed by atoms with Gasteiger partial charge in [0, 0.05) is 51.5 Å². The van der Waals surface area contributed by atoms with Crippen molar-refractivity contribution in [2.75, 3.05) is 27.2 Å². The van der Waals surface area contributed by atoms with Crippen molar-refractivity contribution in [3.63, 3.8) is 0 Å². The number of carbonyl (C=O) groups excluding carboxylic acids is 5. The van der Waals surface area contributed by atoms with E-state index in [1.807, 2.05) is 14.1 Å². The maximum atomic E-state index is 13.6. The Morgan fingerprint density at radius 2 is 0.614 bits per heavy atom. The summed E-state index contributed by atoms with van der Waals surface area (Å²) in [5.41, 5.74) is 0. The van der Waals surface area contributed by atoms with Crippen LogP contribution < -0.4 is 0 Å². The van der Waals surface area contributed by atoms with Crippen LogP contribution in [0, 0.1) is 0 Å². The zero-order valence-electron chi connectivity index (χ0n) is 54.7. The number of carbonyl (C=O) groups is 5. The predicted octanol–water partition coefficient (Wildman–Crippen LogP) is 20.7. The van der Waals surface area contributed by atoms with E-state index >= 15 is 0 Å². The van der Waals surface area contributed by atoms with Gasteiger partial charge in [0.15, 0.2) is 0 Å². The average molecular weight is 1170 g/mol. The smallest absolute Gasteiger partial charge is 0.306 e. The third-order valence-corrected chi connectivity index (χ3v) is 15.7. The predicted molar refractivity (Wildman–Crippen MR) is 349 cm³/mol. The van der Waals surface area contributed by atoms with E-state index in [-0.39, 0.29) is 49.5 Å². The number of esters is 5. The number of hydrogen-bond acceptors (Lipinski definition) is 11. The van der Waals surface area contributed by atoms with Crippen molar-refractivity contribution >= 4 is 29.8 Å². The molecule has 0 spiro atoms. The van der Waals surface area contributed by atoms with Crippen molar-refractivity contribution in [1.29, 1.82) is 0 Å². The Morgan fingerprint density at radius 3 is 1.00 bits per heavy atom. The third-order valence-electron chi connectivity index (χ3n) is 15.7. The molecule has 0 unspecified atom stereocenters. The van der Waals surface area contributed by atoms with Crippen LogP contribution in [-0.2, 0) is 47.7 Å². The van der Waals surface area contributed by atoms with Crippen molar-refractivity contribution in [3.8, 4) is 0 Å². The van der Waals surface area contributed by atoms with Gasteiger partial charge in [0.25, 0.3) is 0 Å². The number of hydrogen-bond donors (Lipinski definition) is 0. The molecule has 0 N–H and O–H groups in total. The normalized spacial score (nSPS) is 13.0. The highest BCUT2D eigenvalue weighted by Gasteiger charge is 2.28. The van der Waals surface area contributed by atoms with Gasteiger partial charge in [0.1, 0.15) is 24.4 Å². The topological polar surface area (TPSA) is 135 Å². The summed E-state index contributed by atoms with van der Waals surface area (Å²) in [5.74, 6) is -0.625. The summed E-state index contributed by atoms with van der Waals surface area (Å²) in [7, 11) is 4.03. The molecule has 0 amide bonds. The van der Waals surface area contributed by atoms with Crippen LogP contribution in [-0.4, -0.2) is 86.4 Å². The van der Waals surface area contributed by atoms with Gasteiger partial charge in [-0.2, -0.15) is 0 Å². The summed E-state index contributed by atoms with van der Waals surface area (Å²) in [5, 5.41) is 0. The monoisotopic (exact) mass is 1170 g/mol. The second-order valence-electron chi connectivity index (χ2n) is 24.2. The number of nitrogens with zero attached hydrogens (tertiary/aromatic N) is 1. The van der Waals surface area contributed by atoms with Gasteiger partial charge in [-0.15, -0.1) is 0 Å². The van der Waals surface area contributed by atoms with E-state index in [2.05, 4.69) is 63.8 Å². The largest absolute Gasteiger partial charge is 0.466 e. The van der Waals surface area contributed by atoms with Crippen LogP contribution in [0.25, 0.3) is 0 Å². The second kappa shape index (κ2) is 63.3. The summed E-state index contributed by atoms with van der Waals surface area (Å²) in [6.45, 7) is 12.3. The molecule has 0 fully saturated rings. The maximum absolute atomic E-state index is 13.6. The third kappa shape index (κ3) is 57.6. The molecular weight excluding hydrogens is 1040 g/mol. The summed E-state index contributed by atoms with van der Waals surface area (Å²) in [6, 6.07) is 0. The summed E-state index contributed by atoms with van der Waals surface area (Å²) < 4.78 is 29.9. The molecule has 0 heterocycles. The Balaban J connectivity index is 0. The molecule has 0 aromatic rings. The van der Waals surface area contributed by atoms with E-state index in [1.54, 1.807) is 0 Å².